The molecule has 1 aliphatic rings. The van der Waals surface area contributed by atoms with Crippen LogP contribution in [-0.2, 0) is 11.3 Å². The number of carbonyl (C=O) groups excluding carboxylic acids is 1. The molecule has 0 aromatic carbocycles. The van der Waals surface area contributed by atoms with Gasteiger partial charge < -0.3 is 15.5 Å². The van der Waals surface area contributed by atoms with Gasteiger partial charge in [-0.1, -0.05) is 6.42 Å². The molecule has 2 N–H and O–H groups in total. The maximum Gasteiger partial charge on any atom is 0.222 e. The predicted molar refractivity (Wildman–Crippen MR) is 105 cm³/mol. The lowest BCUT2D eigenvalue weighted by molar-refractivity contribution is -0.130. The van der Waals surface area contributed by atoms with Gasteiger partial charge in [0.15, 0.2) is 5.96 Å². The fourth-order valence-electron chi connectivity index (χ4n) is 2.69. The Hall–Kier alpha value is -1.08. The molecule has 0 aliphatic carbocycles. The first kappa shape index (κ1) is 19.2. The average molecular weight is 415 g/mol. The molecule has 1 fully saturated rings. The minimum absolute atomic E-state index is 0.316. The van der Waals surface area contributed by atoms with Crippen LogP contribution in [0.3, 0.4) is 0 Å². The molecule has 1 aliphatic heterocycles. The number of nitrogens with one attached hydrogen (secondary N) is 2. The Morgan fingerprint density at radius 3 is 2.96 bits per heavy atom. The molecule has 0 atom stereocenters. The van der Waals surface area contributed by atoms with E-state index in [4.69, 9.17) is 0 Å². The number of amides is 1. The highest BCUT2D eigenvalue weighted by Crippen LogP contribution is 2.22. The van der Waals surface area contributed by atoms with Crippen LogP contribution in [0.15, 0.2) is 20.9 Å². The van der Waals surface area contributed by atoms with Crippen LogP contribution in [0.2, 0.25) is 0 Å². The molecular formula is C17H27BrN4OS. The monoisotopic (exact) mass is 414 g/mol. The zero-order valence-electron chi connectivity index (χ0n) is 14.3. The summed E-state index contributed by atoms with van der Waals surface area (Å²) >= 11 is 5.18. The molecule has 1 saturated heterocycles. The molecule has 1 aromatic heterocycles. The summed E-state index contributed by atoms with van der Waals surface area (Å²) in [6, 6.07) is 4.14. The minimum atomic E-state index is 0.316. The number of hydrogen-bond donors (Lipinski definition) is 2. The van der Waals surface area contributed by atoms with Crippen molar-refractivity contribution in [1.82, 2.24) is 15.5 Å². The Kier molecular flexibility index (Phi) is 8.59. The Morgan fingerprint density at radius 1 is 1.33 bits per heavy atom. The van der Waals surface area contributed by atoms with Gasteiger partial charge >= 0.3 is 0 Å². The van der Waals surface area contributed by atoms with Crippen LogP contribution in [0.5, 0.6) is 0 Å². The van der Waals surface area contributed by atoms with Crippen LogP contribution in [0.25, 0.3) is 0 Å². The van der Waals surface area contributed by atoms with Crippen molar-refractivity contribution >= 4 is 39.1 Å². The summed E-state index contributed by atoms with van der Waals surface area (Å²) in [6.45, 7) is 6.16. The third-order valence-corrected chi connectivity index (χ3v) is 5.54. The van der Waals surface area contributed by atoms with Crippen molar-refractivity contribution in [2.75, 3.05) is 26.2 Å². The van der Waals surface area contributed by atoms with Crippen LogP contribution in [-0.4, -0.2) is 42.9 Å². The number of rotatable bonds is 7. The third kappa shape index (κ3) is 6.81. The number of nitrogens with zero attached hydrogens (tertiary/aromatic N) is 2. The number of aliphatic imine (C=N–C) groups is 1. The maximum absolute atomic E-state index is 12.0. The quantitative estimate of drug-likeness (QED) is 0.408. The number of halogens is 1. The molecular weight excluding hydrogens is 388 g/mol. The van der Waals surface area contributed by atoms with E-state index >= 15 is 0 Å². The van der Waals surface area contributed by atoms with Crippen LogP contribution in [0.4, 0.5) is 0 Å². The second-order valence-corrected chi connectivity index (χ2v) is 8.42. The number of carbonyl (C=O) groups is 1. The van der Waals surface area contributed by atoms with Crippen molar-refractivity contribution in [3.05, 3.63) is 20.8 Å². The molecule has 5 nitrogen and oxygen atoms in total. The van der Waals surface area contributed by atoms with E-state index in [1.54, 1.807) is 11.3 Å². The number of thiophene rings is 1. The summed E-state index contributed by atoms with van der Waals surface area (Å²) < 4.78 is 1.13. The normalized spacial score (nSPS) is 16.2. The maximum atomic E-state index is 12.0. The molecule has 1 amide bonds. The number of hydrogen-bond acceptors (Lipinski definition) is 3. The van der Waals surface area contributed by atoms with Crippen molar-refractivity contribution in [1.29, 1.82) is 0 Å². The van der Waals surface area contributed by atoms with Gasteiger partial charge in [-0.15, -0.1) is 11.3 Å². The summed E-state index contributed by atoms with van der Waals surface area (Å²) in [5.74, 6) is 1.15. The number of likely N-dealkylation sites (tertiary alicyclic amines) is 1. The van der Waals surface area contributed by atoms with Crippen molar-refractivity contribution in [2.45, 2.75) is 45.6 Å². The molecule has 0 radical (unpaired) electrons. The lowest BCUT2D eigenvalue weighted by atomic mass is 10.2. The highest BCUT2D eigenvalue weighted by Gasteiger charge is 2.15. The summed E-state index contributed by atoms with van der Waals surface area (Å²) in [5.41, 5.74) is 0. The van der Waals surface area contributed by atoms with Gasteiger partial charge in [0.2, 0.25) is 5.91 Å². The van der Waals surface area contributed by atoms with Crippen LogP contribution in [0, 0.1) is 0 Å². The van der Waals surface area contributed by atoms with E-state index in [1.807, 2.05) is 11.0 Å². The molecule has 0 saturated carbocycles. The molecule has 0 unspecified atom stereocenters. The van der Waals surface area contributed by atoms with Gasteiger partial charge in [0.1, 0.15) is 0 Å². The summed E-state index contributed by atoms with van der Waals surface area (Å²) in [4.78, 5) is 19.8. The molecule has 7 heteroatoms. The second kappa shape index (κ2) is 10.7. The fraction of sp³-hybridized carbons (Fsp3) is 0.647. The predicted octanol–water partition coefficient (Wildman–Crippen LogP) is 3.36. The van der Waals surface area contributed by atoms with Gasteiger partial charge in [-0.3, -0.25) is 4.79 Å². The first-order valence-corrected chi connectivity index (χ1v) is 10.3. The Balaban J connectivity index is 1.73. The minimum Gasteiger partial charge on any atom is -0.357 e. The van der Waals surface area contributed by atoms with E-state index in [1.165, 1.54) is 11.3 Å². The number of guanidine groups is 1. The molecule has 1 aromatic rings. The van der Waals surface area contributed by atoms with E-state index in [9.17, 15) is 4.79 Å². The third-order valence-electron chi connectivity index (χ3n) is 3.93. The Labute approximate surface area is 157 Å². The van der Waals surface area contributed by atoms with E-state index in [0.717, 1.165) is 55.2 Å². The van der Waals surface area contributed by atoms with Gasteiger partial charge in [0.05, 0.1) is 10.3 Å². The summed E-state index contributed by atoms with van der Waals surface area (Å²) in [6.07, 6.45) is 5.02. The molecule has 2 rings (SSSR count). The van der Waals surface area contributed by atoms with Crippen molar-refractivity contribution in [2.24, 2.45) is 4.99 Å². The molecule has 134 valence electrons. The first-order chi connectivity index (χ1) is 11.7. The molecule has 0 bridgehead atoms. The van der Waals surface area contributed by atoms with Gasteiger partial charge in [-0.25, -0.2) is 4.99 Å². The lowest BCUT2D eigenvalue weighted by Gasteiger charge is -2.20. The SMILES string of the molecule is CCNC(=NCc1ccc(Br)s1)NCCCN1CCCCCC1=O. The van der Waals surface area contributed by atoms with Crippen LogP contribution >= 0.6 is 27.3 Å². The first-order valence-electron chi connectivity index (χ1n) is 8.73. The molecule has 2 heterocycles. The zero-order chi connectivity index (χ0) is 17.2. The topological polar surface area (TPSA) is 56.7 Å². The Bertz CT molecular complexity index is 546. The van der Waals surface area contributed by atoms with Gasteiger partial charge in [-0.05, 0) is 54.2 Å². The fourth-order valence-corrected chi connectivity index (χ4v) is 4.09. The lowest BCUT2D eigenvalue weighted by Crippen LogP contribution is -2.39. The van der Waals surface area contributed by atoms with Crippen molar-refractivity contribution in [3.63, 3.8) is 0 Å². The van der Waals surface area contributed by atoms with Gasteiger partial charge in [0, 0.05) is 37.5 Å². The van der Waals surface area contributed by atoms with Crippen LogP contribution in [0.1, 0.15) is 43.9 Å². The van der Waals surface area contributed by atoms with Gasteiger partial charge in [0.25, 0.3) is 0 Å². The molecule has 0 spiro atoms. The highest BCUT2D eigenvalue weighted by molar-refractivity contribution is 9.11. The summed E-state index contributed by atoms with van der Waals surface area (Å²) in [7, 11) is 0. The van der Waals surface area contributed by atoms with E-state index in [0.29, 0.717) is 18.9 Å². The largest absolute Gasteiger partial charge is 0.357 e. The second-order valence-electron chi connectivity index (χ2n) is 5.87. The van der Waals surface area contributed by atoms with E-state index in [2.05, 4.69) is 44.5 Å². The van der Waals surface area contributed by atoms with Crippen molar-refractivity contribution < 1.29 is 4.79 Å². The zero-order valence-corrected chi connectivity index (χ0v) is 16.7. The smallest absolute Gasteiger partial charge is 0.222 e. The average Bonchev–Trinajstić information content (AvgIpc) is 2.87. The standard InChI is InChI=1S/C17H27BrN4OS/c1-2-19-17(21-13-14-8-9-15(18)24-14)20-10-6-12-22-11-5-3-4-7-16(22)23/h8-9H,2-7,10-13H2,1H3,(H2,19,20,21). The van der Waals surface area contributed by atoms with Crippen molar-refractivity contribution in [3.8, 4) is 0 Å². The summed E-state index contributed by atoms with van der Waals surface area (Å²) in [5, 5.41) is 6.63. The Morgan fingerprint density at radius 2 is 2.21 bits per heavy atom. The molecule has 24 heavy (non-hydrogen) atoms. The van der Waals surface area contributed by atoms with Gasteiger partial charge in [-0.2, -0.15) is 0 Å². The van der Waals surface area contributed by atoms with E-state index in [-0.39, 0.29) is 0 Å². The highest BCUT2D eigenvalue weighted by atomic mass is 79.9. The van der Waals surface area contributed by atoms with E-state index < -0.39 is 0 Å². The van der Waals surface area contributed by atoms with Crippen LogP contribution < -0.4 is 10.6 Å².